The van der Waals surface area contributed by atoms with Crippen LogP contribution in [0.2, 0.25) is 0 Å². The molecule has 0 aliphatic carbocycles. The van der Waals surface area contributed by atoms with E-state index in [0.29, 0.717) is 23.9 Å². The van der Waals surface area contributed by atoms with Crippen molar-refractivity contribution in [1.29, 1.82) is 0 Å². The number of carbonyl (C=O) groups is 2. The summed E-state index contributed by atoms with van der Waals surface area (Å²) in [6.07, 6.45) is 60.2. The maximum absolute atomic E-state index is 13.5. The number of unbranched alkanes of at least 4 members (excludes halogenated alkanes) is 38. The summed E-state index contributed by atoms with van der Waals surface area (Å²) in [6.45, 7) is 7.04. The molecule has 0 spiro atoms. The third kappa shape index (κ3) is 53.1. The molecule has 0 fully saturated rings. The summed E-state index contributed by atoms with van der Waals surface area (Å²) in [7, 11) is 1.51. The van der Waals surface area contributed by atoms with Crippen molar-refractivity contribution in [3.63, 3.8) is 0 Å². The fourth-order valence-corrected chi connectivity index (χ4v) is 9.85. The molecule has 1 amide bonds. The Labute approximate surface area is 441 Å². The lowest BCUT2D eigenvalue weighted by atomic mass is 10.0. The number of likely N-dealkylation sites (N-methyl/N-ethyl adjacent to an activating group) is 1. The Bertz CT molecular complexity index is 1270. The molecule has 0 aliphatic heterocycles. The van der Waals surface area contributed by atoms with Crippen LogP contribution in [0.4, 0.5) is 0 Å². The zero-order valence-corrected chi connectivity index (χ0v) is 48.9. The predicted octanol–water partition coefficient (Wildman–Crippen LogP) is 18.6. The van der Waals surface area contributed by atoms with Crippen LogP contribution in [0, 0.1) is 0 Å². The highest BCUT2D eigenvalue weighted by atomic mass is 31.2. The van der Waals surface area contributed by atoms with Crippen molar-refractivity contribution in [2.75, 3.05) is 40.9 Å². The molecule has 0 rings (SSSR count). The topological polar surface area (TPSA) is 111 Å². The second-order valence-electron chi connectivity index (χ2n) is 22.2. The van der Waals surface area contributed by atoms with E-state index >= 15 is 0 Å². The van der Waals surface area contributed by atoms with Gasteiger partial charge in [-0.2, -0.15) is 0 Å². The lowest BCUT2D eigenvalue weighted by Crippen LogP contribution is -2.47. The Morgan fingerprint density at radius 1 is 0.479 bits per heavy atom. The average molecular weight is 1020 g/mol. The van der Waals surface area contributed by atoms with Crippen molar-refractivity contribution < 1.29 is 37.3 Å². The Hall–Kier alpha value is -1.51. The van der Waals surface area contributed by atoms with E-state index in [1.807, 2.05) is 33.3 Å². The van der Waals surface area contributed by atoms with Crippen molar-refractivity contribution in [2.45, 2.75) is 315 Å². The summed E-state index contributed by atoms with van der Waals surface area (Å²) in [5.41, 5.74) is 0. The molecule has 0 bridgehead atoms. The van der Waals surface area contributed by atoms with E-state index in [-0.39, 0.29) is 25.1 Å². The van der Waals surface area contributed by atoms with E-state index in [4.69, 9.17) is 13.8 Å². The highest BCUT2D eigenvalue weighted by Gasteiger charge is 2.30. The minimum absolute atomic E-state index is 0.0431. The maximum atomic E-state index is 13.5. The van der Waals surface area contributed by atoms with Crippen molar-refractivity contribution in [1.82, 2.24) is 5.32 Å². The maximum Gasteiger partial charge on any atom is 0.472 e. The van der Waals surface area contributed by atoms with Gasteiger partial charge < -0.3 is 19.4 Å². The molecular formula is C61H120N2O7P+. The summed E-state index contributed by atoms with van der Waals surface area (Å²) in [6, 6.07) is -0.843. The summed E-state index contributed by atoms with van der Waals surface area (Å²) >= 11 is 0. The molecule has 0 aromatic carbocycles. The predicted molar refractivity (Wildman–Crippen MR) is 305 cm³/mol. The molecular weight excluding hydrogens is 904 g/mol. The van der Waals surface area contributed by atoms with Crippen molar-refractivity contribution in [3.8, 4) is 0 Å². The first-order valence-electron chi connectivity index (χ1n) is 30.7. The quantitative estimate of drug-likeness (QED) is 0.0205. The van der Waals surface area contributed by atoms with Crippen LogP contribution < -0.4 is 5.32 Å². The number of esters is 1. The smallest absolute Gasteiger partial charge is 0.456 e. The zero-order valence-electron chi connectivity index (χ0n) is 48.0. The second kappa shape index (κ2) is 52.0. The molecule has 0 heterocycles. The largest absolute Gasteiger partial charge is 0.472 e. The van der Waals surface area contributed by atoms with Crippen molar-refractivity contribution >= 4 is 19.7 Å². The van der Waals surface area contributed by atoms with Gasteiger partial charge in [-0.1, -0.05) is 257 Å². The van der Waals surface area contributed by atoms with Gasteiger partial charge in [0.25, 0.3) is 0 Å². The molecule has 420 valence electrons. The lowest BCUT2D eigenvalue weighted by molar-refractivity contribution is -0.870. The Morgan fingerprint density at radius 2 is 0.817 bits per heavy atom. The molecule has 0 aliphatic rings. The molecule has 0 aromatic heterocycles. The molecule has 2 N–H and O–H groups in total. The Kier molecular flexibility index (Phi) is 50.8. The van der Waals surface area contributed by atoms with E-state index in [0.717, 1.165) is 57.8 Å². The minimum Gasteiger partial charge on any atom is -0.456 e. The summed E-state index contributed by atoms with van der Waals surface area (Å²) < 4.78 is 30.7. The van der Waals surface area contributed by atoms with E-state index in [2.05, 4.69) is 38.2 Å². The number of carbonyl (C=O) groups excluding carboxylic acids is 2. The van der Waals surface area contributed by atoms with Gasteiger partial charge in [0.2, 0.25) is 5.91 Å². The second-order valence-corrected chi connectivity index (χ2v) is 23.7. The van der Waals surface area contributed by atoms with Gasteiger partial charge in [0.1, 0.15) is 19.3 Å². The van der Waals surface area contributed by atoms with Crippen LogP contribution in [0.25, 0.3) is 0 Å². The zero-order chi connectivity index (χ0) is 52.2. The first kappa shape index (κ1) is 69.5. The first-order valence-corrected chi connectivity index (χ1v) is 32.2. The minimum atomic E-state index is -4.44. The molecule has 0 saturated heterocycles. The number of ether oxygens (including phenoxy) is 1. The number of nitrogens with one attached hydrogen (secondary N) is 1. The van der Waals surface area contributed by atoms with Crippen molar-refractivity contribution in [2.24, 2.45) is 0 Å². The molecule has 10 heteroatoms. The van der Waals surface area contributed by atoms with Gasteiger partial charge in [0.15, 0.2) is 0 Å². The van der Waals surface area contributed by atoms with Crippen LogP contribution in [0.5, 0.6) is 0 Å². The van der Waals surface area contributed by atoms with E-state index in [1.54, 1.807) is 0 Å². The van der Waals surface area contributed by atoms with Gasteiger partial charge in [0, 0.05) is 12.8 Å². The monoisotopic (exact) mass is 1020 g/mol. The summed E-state index contributed by atoms with van der Waals surface area (Å²) in [5.74, 6) is -0.495. The van der Waals surface area contributed by atoms with E-state index < -0.39 is 20.0 Å². The normalized spacial score (nSPS) is 13.8. The molecule has 0 saturated carbocycles. The summed E-state index contributed by atoms with van der Waals surface area (Å²) in [5, 5.41) is 3.06. The highest BCUT2D eigenvalue weighted by Crippen LogP contribution is 2.43. The summed E-state index contributed by atoms with van der Waals surface area (Å²) in [4.78, 5) is 37.7. The molecule has 0 aromatic rings. The van der Waals surface area contributed by atoms with Gasteiger partial charge in [-0.05, 0) is 57.4 Å². The molecule has 71 heavy (non-hydrogen) atoms. The number of amides is 1. The number of allylic oxidation sites excluding steroid dienone is 3. The number of hydrogen-bond acceptors (Lipinski definition) is 6. The van der Waals surface area contributed by atoms with Crippen LogP contribution in [0.15, 0.2) is 24.3 Å². The fourth-order valence-electron chi connectivity index (χ4n) is 9.11. The van der Waals surface area contributed by atoms with Crippen LogP contribution in [-0.4, -0.2) is 74.3 Å². The SMILES string of the molecule is CCCCCCCC/C=C/CCCCCCCCCC(=O)OC(/C=C/CCCCCCCCCCCC)C(COP(=O)(O)OCC[N+](C)(C)C)NC(=O)CCCCCCCCCCCCCCCCCC. The van der Waals surface area contributed by atoms with Crippen molar-refractivity contribution in [3.05, 3.63) is 24.3 Å². The van der Waals surface area contributed by atoms with E-state index in [1.165, 1.54) is 212 Å². The van der Waals surface area contributed by atoms with Gasteiger partial charge in [-0.15, -0.1) is 0 Å². The standard InChI is InChI=1S/C61H119N2O7P/c1-7-10-13-16-19-22-25-28-30-32-34-36-39-42-45-48-51-54-61(65)70-59(52-49-46-43-40-37-27-24-21-18-15-12-9-3)58(57-69-71(66,67)68-56-55-63(4,5)6)62-60(64)53-50-47-44-41-38-35-33-31-29-26-23-20-17-14-11-8-2/h28,30,49,52,58-59H,7-27,29,31-48,50-51,53-57H2,1-6H3,(H-,62,64,66,67)/p+1/b30-28+,52-49+. The van der Waals surface area contributed by atoms with Crippen LogP contribution in [0.3, 0.4) is 0 Å². The van der Waals surface area contributed by atoms with Crippen LogP contribution in [-0.2, 0) is 27.9 Å². The van der Waals surface area contributed by atoms with Gasteiger partial charge in [-0.25, -0.2) is 4.57 Å². The number of quaternary nitrogens is 1. The van der Waals surface area contributed by atoms with Gasteiger partial charge in [-0.3, -0.25) is 18.6 Å². The molecule has 0 radical (unpaired) electrons. The van der Waals surface area contributed by atoms with Crippen LogP contribution in [0.1, 0.15) is 303 Å². The third-order valence-corrected chi connectivity index (χ3v) is 14.9. The van der Waals surface area contributed by atoms with E-state index in [9.17, 15) is 19.0 Å². The third-order valence-electron chi connectivity index (χ3n) is 13.9. The lowest BCUT2D eigenvalue weighted by Gasteiger charge is -2.27. The Morgan fingerprint density at radius 3 is 1.20 bits per heavy atom. The number of phosphoric ester groups is 1. The first-order chi connectivity index (χ1) is 34.4. The number of rotatable bonds is 56. The molecule has 9 nitrogen and oxygen atoms in total. The van der Waals surface area contributed by atoms with Gasteiger partial charge >= 0.3 is 13.8 Å². The van der Waals surface area contributed by atoms with Crippen LogP contribution >= 0.6 is 7.82 Å². The van der Waals surface area contributed by atoms with Gasteiger partial charge in [0.05, 0.1) is 33.8 Å². The molecule has 3 unspecified atom stereocenters. The number of nitrogens with zero attached hydrogens (tertiary/aromatic N) is 1. The molecule has 3 atom stereocenters. The number of hydrogen-bond donors (Lipinski definition) is 2. The average Bonchev–Trinajstić information content (AvgIpc) is 3.33. The highest BCUT2D eigenvalue weighted by molar-refractivity contribution is 7.47. The fraction of sp³-hybridized carbons (Fsp3) is 0.902. The Balaban J connectivity index is 5.26. The number of phosphoric acid groups is 1.